The number of ether oxygens (including phenoxy) is 2. The Morgan fingerprint density at radius 2 is 2.57 bits per heavy atom. The molecule has 7 heavy (non-hydrogen) atoms. The van der Waals surface area contributed by atoms with E-state index in [4.69, 9.17) is 5.54 Å². The van der Waals surface area contributed by atoms with Crippen molar-refractivity contribution >= 4 is 0 Å². The van der Waals surface area contributed by atoms with Crippen LogP contribution < -0.4 is 0 Å². The molecule has 0 aliphatic rings. The van der Waals surface area contributed by atoms with Crippen LogP contribution in [0.4, 0.5) is 0 Å². The zero-order chi connectivity index (χ0) is 9.12. The Hall–Kier alpha value is -0.120. The summed E-state index contributed by atoms with van der Waals surface area (Å²) < 4.78 is 36.1. The van der Waals surface area contributed by atoms with E-state index in [9.17, 15) is 0 Å². The maximum absolute atomic E-state index is 7.16. The van der Waals surface area contributed by atoms with Crippen LogP contribution in [0, 0.1) is 0 Å². The molecular weight excluding hydrogens is 96.0 g/mol. The molecule has 0 spiro atoms. The van der Waals surface area contributed by atoms with Gasteiger partial charge in [-0.05, 0) is 0 Å². The Bertz CT molecular complexity index is 125. The Kier molecular flexibility index (Phi) is 1.41. The molecular formula is C4H10O3. The van der Waals surface area contributed by atoms with Gasteiger partial charge in [-0.15, -0.1) is 0 Å². The van der Waals surface area contributed by atoms with E-state index in [0.717, 1.165) is 14.2 Å². The molecule has 0 aromatic heterocycles. The first-order chi connectivity index (χ1) is 4.93. The number of methoxy groups -OCH3 is 2. The van der Waals surface area contributed by atoms with Gasteiger partial charge in [0.25, 0.3) is 0 Å². The van der Waals surface area contributed by atoms with Crippen molar-refractivity contribution in [3.8, 4) is 0 Å². The highest BCUT2D eigenvalue weighted by atomic mass is 16.7. The van der Waals surface area contributed by atoms with E-state index < -0.39 is 12.8 Å². The number of hydrogen-bond acceptors (Lipinski definition) is 3. The standard InChI is InChI=1S/C4H10O3/c1-6-4(3-5)7-2/h4-5H,3H2,1-2H3/i3D2,4D,5D. The van der Waals surface area contributed by atoms with Crippen molar-refractivity contribution in [2.45, 2.75) is 6.27 Å². The van der Waals surface area contributed by atoms with Gasteiger partial charge in [0.15, 0.2) is 6.27 Å². The monoisotopic (exact) mass is 110 g/mol. The molecule has 0 bridgehead atoms. The molecule has 0 saturated carbocycles. The average molecular weight is 110 g/mol. The molecule has 1 N–H and O–H groups in total. The number of aliphatic hydroxyl groups is 1. The summed E-state index contributed by atoms with van der Waals surface area (Å²) in [4.78, 5) is 0. The SMILES string of the molecule is [2H]OC([2H])([2H])C([2H])(OC)OC. The normalized spacial score (nSPS) is 22.0. The van der Waals surface area contributed by atoms with Crippen molar-refractivity contribution in [2.75, 3.05) is 20.8 Å². The van der Waals surface area contributed by atoms with E-state index in [-0.39, 0.29) is 0 Å². The van der Waals surface area contributed by atoms with Gasteiger partial charge in [-0.2, -0.15) is 0 Å². The number of hydrogen-bond donors (Lipinski definition) is 1. The van der Waals surface area contributed by atoms with Crippen LogP contribution in [0.15, 0.2) is 0 Å². The second-order valence-corrected chi connectivity index (χ2v) is 0.798. The van der Waals surface area contributed by atoms with Crippen LogP contribution in [0.5, 0.6) is 0 Å². The molecule has 0 unspecified atom stereocenters. The molecule has 44 valence electrons. The van der Waals surface area contributed by atoms with E-state index in [1.807, 2.05) is 0 Å². The second-order valence-electron chi connectivity index (χ2n) is 0.798. The van der Waals surface area contributed by atoms with Crippen molar-refractivity contribution in [3.63, 3.8) is 0 Å². The molecule has 0 rings (SSSR count). The predicted octanol–water partition coefficient (Wildman–Crippen LogP) is -0.402. The summed E-state index contributed by atoms with van der Waals surface area (Å²) in [6, 6.07) is 0. The van der Waals surface area contributed by atoms with Crippen molar-refractivity contribution in [3.05, 3.63) is 0 Å². The molecule has 3 heteroatoms. The maximum atomic E-state index is 7.16. The second kappa shape index (κ2) is 4.05. The molecule has 0 aromatic carbocycles. The van der Waals surface area contributed by atoms with E-state index >= 15 is 0 Å². The lowest BCUT2D eigenvalue weighted by Crippen LogP contribution is -2.16. The smallest absolute Gasteiger partial charge is 0.210 e. The molecule has 0 aliphatic heterocycles. The van der Waals surface area contributed by atoms with Crippen molar-refractivity contribution in [1.82, 2.24) is 0 Å². The van der Waals surface area contributed by atoms with E-state index in [2.05, 4.69) is 14.6 Å². The van der Waals surface area contributed by atoms with Crippen LogP contribution in [-0.2, 0) is 9.47 Å². The Morgan fingerprint density at radius 1 is 2.00 bits per heavy atom. The van der Waals surface area contributed by atoms with E-state index in [0.29, 0.717) is 0 Å². The third-order valence-electron chi connectivity index (χ3n) is 0.454. The first-order valence-corrected chi connectivity index (χ1v) is 1.68. The molecule has 0 atom stereocenters. The summed E-state index contributed by atoms with van der Waals surface area (Å²) in [5.41, 5.74) is 0. The lowest BCUT2D eigenvalue weighted by molar-refractivity contribution is -0.127. The highest BCUT2D eigenvalue weighted by Gasteiger charge is 1.98. The zero-order valence-electron chi connectivity index (χ0n) is 8.22. The first-order valence-electron chi connectivity index (χ1n) is 3.59. The van der Waals surface area contributed by atoms with Crippen LogP contribution >= 0.6 is 0 Å². The highest BCUT2D eigenvalue weighted by Crippen LogP contribution is 1.84. The molecule has 0 radical (unpaired) electrons. The fourth-order valence-electron chi connectivity index (χ4n) is 0.167. The Labute approximate surface area is 48.6 Å². The quantitative estimate of drug-likeness (QED) is 0.500. The molecule has 0 fully saturated rings. The minimum Gasteiger partial charge on any atom is -0.391 e. The summed E-state index contributed by atoms with van der Waals surface area (Å²) >= 11 is 0. The average Bonchev–Trinajstić information content (AvgIpc) is 2.02. The third-order valence-corrected chi connectivity index (χ3v) is 0.454. The van der Waals surface area contributed by atoms with Crippen molar-refractivity contribution in [1.29, 1.82) is 1.43 Å². The molecule has 0 heterocycles. The van der Waals surface area contributed by atoms with Gasteiger partial charge in [-0.3, -0.25) is 0 Å². The van der Waals surface area contributed by atoms with Crippen LogP contribution in [-0.4, -0.2) is 33.6 Å². The minimum absolute atomic E-state index is 1.09. The van der Waals surface area contributed by atoms with Gasteiger partial charge in [0, 0.05) is 14.2 Å². The predicted molar refractivity (Wildman–Crippen MR) is 24.9 cm³/mol. The topological polar surface area (TPSA) is 38.7 Å². The van der Waals surface area contributed by atoms with Crippen molar-refractivity contribution < 1.29 is 18.7 Å². The molecule has 3 nitrogen and oxygen atoms in total. The third kappa shape index (κ3) is 2.56. The largest absolute Gasteiger partial charge is 0.391 e. The fourth-order valence-corrected chi connectivity index (χ4v) is 0.167. The van der Waals surface area contributed by atoms with E-state index in [1.165, 1.54) is 0 Å². The number of rotatable bonds is 4. The zero-order valence-corrected chi connectivity index (χ0v) is 4.22. The van der Waals surface area contributed by atoms with Crippen LogP contribution in [0.2, 0.25) is 0 Å². The minimum atomic E-state index is -2.61. The van der Waals surface area contributed by atoms with Gasteiger partial charge in [-0.25, -0.2) is 0 Å². The molecule has 0 amide bonds. The first kappa shape index (κ1) is 2.44. The van der Waals surface area contributed by atoms with Gasteiger partial charge < -0.3 is 14.6 Å². The van der Waals surface area contributed by atoms with Gasteiger partial charge in [0.1, 0.15) is 0 Å². The molecule has 0 saturated heterocycles. The van der Waals surface area contributed by atoms with Crippen molar-refractivity contribution in [2.24, 2.45) is 0 Å². The highest BCUT2D eigenvalue weighted by molar-refractivity contribution is 4.30. The molecule has 0 aliphatic carbocycles. The van der Waals surface area contributed by atoms with Crippen LogP contribution in [0.3, 0.4) is 0 Å². The van der Waals surface area contributed by atoms with Gasteiger partial charge in [0.2, 0.25) is 1.43 Å². The van der Waals surface area contributed by atoms with Crippen LogP contribution in [0.1, 0.15) is 4.11 Å². The van der Waals surface area contributed by atoms with Crippen LogP contribution in [0.25, 0.3) is 0 Å². The van der Waals surface area contributed by atoms with Gasteiger partial charge >= 0.3 is 0 Å². The summed E-state index contributed by atoms with van der Waals surface area (Å²) in [5, 5.41) is 3.63. The fraction of sp³-hybridized carbons (Fsp3) is 1.00. The molecule has 0 aromatic rings. The lowest BCUT2D eigenvalue weighted by atomic mass is 10.7. The summed E-state index contributed by atoms with van der Waals surface area (Å²) in [7, 11) is 2.18. The summed E-state index contributed by atoms with van der Waals surface area (Å²) in [6.45, 7) is -2.61. The Balaban J connectivity index is 4.47. The van der Waals surface area contributed by atoms with E-state index in [1.54, 1.807) is 0 Å². The lowest BCUT2D eigenvalue weighted by Gasteiger charge is -2.07. The van der Waals surface area contributed by atoms with Gasteiger partial charge in [0.05, 0.1) is 10.7 Å². The Morgan fingerprint density at radius 3 is 2.71 bits per heavy atom. The summed E-state index contributed by atoms with van der Waals surface area (Å²) in [6.07, 6.45) is -2.30. The van der Waals surface area contributed by atoms with Gasteiger partial charge in [-0.1, -0.05) is 0 Å². The summed E-state index contributed by atoms with van der Waals surface area (Å²) in [5.74, 6) is 0. The maximum Gasteiger partial charge on any atom is 0.210 e.